The van der Waals surface area contributed by atoms with Crippen molar-refractivity contribution in [3.8, 4) is 0 Å². The lowest BCUT2D eigenvalue weighted by Gasteiger charge is -2.06. The predicted molar refractivity (Wildman–Crippen MR) is 59.6 cm³/mol. The predicted octanol–water partition coefficient (Wildman–Crippen LogP) is -0.397. The molecule has 0 saturated heterocycles. The highest BCUT2D eigenvalue weighted by atomic mass is 35.5. The molecule has 5 N–H and O–H groups in total. The topological polar surface area (TPSA) is 132 Å². The molecule has 0 aliphatic rings. The maximum absolute atomic E-state index is 11.0. The number of sulfonamides is 1. The quantitative estimate of drug-likeness (QED) is 0.697. The van der Waals surface area contributed by atoms with Gasteiger partial charge in [-0.15, -0.1) is 0 Å². The van der Waals surface area contributed by atoms with Gasteiger partial charge in [-0.25, -0.2) is 18.7 Å². The number of hydrogen-bond acceptors (Lipinski definition) is 4. The third kappa shape index (κ3) is 3.61. The van der Waals surface area contributed by atoms with Crippen molar-refractivity contribution in [3.63, 3.8) is 0 Å². The van der Waals surface area contributed by atoms with Crippen molar-refractivity contribution in [2.45, 2.75) is 4.90 Å². The fourth-order valence-corrected chi connectivity index (χ4v) is 2.51. The van der Waals surface area contributed by atoms with Crippen LogP contribution in [0.15, 0.2) is 23.1 Å². The second kappa shape index (κ2) is 4.18. The lowest BCUT2D eigenvalue weighted by molar-refractivity contribution is 0.597. The van der Waals surface area contributed by atoms with Gasteiger partial charge in [-0.1, -0.05) is 11.6 Å². The fraction of sp³-hybridized carbons (Fsp3) is 0. The summed E-state index contributed by atoms with van der Waals surface area (Å²) in [6.07, 6.45) is 0. The molecule has 0 amide bonds. The number of hydrogen-bond donors (Lipinski definition) is 3. The third-order valence-corrected chi connectivity index (χ3v) is 3.41. The number of nitrogens with two attached hydrogens (primary N) is 2. The van der Waals surface area contributed by atoms with Crippen molar-refractivity contribution in [2.24, 2.45) is 10.3 Å². The summed E-state index contributed by atoms with van der Waals surface area (Å²) in [6.45, 7) is 0. The molecular weight excluding hydrogens is 278 g/mol. The smallest absolute Gasteiger partial charge is 0.271 e. The second-order valence-corrected chi connectivity index (χ2v) is 6.07. The number of anilines is 1. The summed E-state index contributed by atoms with van der Waals surface area (Å²) in [6, 6.07) is 3.34. The van der Waals surface area contributed by atoms with Crippen LogP contribution in [0, 0.1) is 0 Å². The first-order chi connectivity index (χ1) is 7.09. The Morgan fingerprint density at radius 2 is 1.69 bits per heavy atom. The van der Waals surface area contributed by atoms with Crippen LogP contribution >= 0.6 is 11.6 Å². The van der Waals surface area contributed by atoms with E-state index in [2.05, 4.69) is 0 Å². The number of benzene rings is 1. The normalized spacial score (nSPS) is 12.4. The highest BCUT2D eigenvalue weighted by molar-refractivity contribution is 7.90. The highest BCUT2D eigenvalue weighted by Crippen LogP contribution is 2.24. The standard InChI is InChI=1S/C6H8ClN3O4S2/c7-5-3-4(10-16(9,13)14)1-2-6(5)15(8,11)12/h1-3,10H,(H2,8,11,12)(H2,9,13,14). The van der Waals surface area contributed by atoms with Crippen LogP contribution in [-0.2, 0) is 20.2 Å². The lowest BCUT2D eigenvalue weighted by Crippen LogP contribution is -2.21. The van der Waals surface area contributed by atoms with Crippen LogP contribution in [0.25, 0.3) is 0 Å². The molecule has 1 aromatic carbocycles. The van der Waals surface area contributed by atoms with E-state index in [1.165, 1.54) is 6.07 Å². The molecule has 1 rings (SSSR count). The Kier molecular flexibility index (Phi) is 3.45. The molecule has 0 bridgehead atoms. The summed E-state index contributed by atoms with van der Waals surface area (Å²) in [5.41, 5.74) is 0.0416. The van der Waals surface area contributed by atoms with Gasteiger partial charge in [0.15, 0.2) is 0 Å². The van der Waals surface area contributed by atoms with Crippen molar-refractivity contribution in [1.82, 2.24) is 0 Å². The Hall–Kier alpha value is -0.870. The molecule has 0 heterocycles. The minimum Gasteiger partial charge on any atom is -0.271 e. The van der Waals surface area contributed by atoms with Gasteiger partial charge in [0.2, 0.25) is 10.0 Å². The SMILES string of the molecule is NS(=O)(=O)Nc1ccc(S(N)(=O)=O)c(Cl)c1. The zero-order valence-electron chi connectivity index (χ0n) is 7.71. The molecular formula is C6H8ClN3O4S2. The Morgan fingerprint density at radius 3 is 2.06 bits per heavy atom. The van der Waals surface area contributed by atoms with Crippen LogP contribution in [-0.4, -0.2) is 16.8 Å². The number of primary sulfonamides is 1. The van der Waals surface area contributed by atoms with Gasteiger partial charge in [0.25, 0.3) is 10.2 Å². The summed E-state index contributed by atoms with van der Waals surface area (Å²) >= 11 is 5.61. The van der Waals surface area contributed by atoms with Gasteiger partial charge in [-0.05, 0) is 18.2 Å². The van der Waals surface area contributed by atoms with E-state index >= 15 is 0 Å². The molecule has 90 valence electrons. The Balaban J connectivity index is 3.20. The van der Waals surface area contributed by atoms with Crippen LogP contribution in [0.3, 0.4) is 0 Å². The number of rotatable bonds is 3. The van der Waals surface area contributed by atoms with Crippen molar-refractivity contribution in [3.05, 3.63) is 23.2 Å². The highest BCUT2D eigenvalue weighted by Gasteiger charge is 2.13. The molecule has 0 radical (unpaired) electrons. The van der Waals surface area contributed by atoms with E-state index in [0.717, 1.165) is 12.1 Å². The number of halogens is 1. The van der Waals surface area contributed by atoms with Crippen molar-refractivity contribution in [1.29, 1.82) is 0 Å². The molecule has 10 heteroatoms. The molecule has 0 fully saturated rings. The molecule has 1 aromatic rings. The first-order valence-corrected chi connectivity index (χ1v) is 7.19. The van der Waals surface area contributed by atoms with Gasteiger partial charge in [0, 0.05) is 0 Å². The Labute approximate surface area is 97.6 Å². The van der Waals surface area contributed by atoms with Gasteiger partial charge in [0.05, 0.1) is 10.7 Å². The summed E-state index contributed by atoms with van der Waals surface area (Å²) in [5.74, 6) is 0. The lowest BCUT2D eigenvalue weighted by atomic mass is 10.3. The van der Waals surface area contributed by atoms with Crippen molar-refractivity contribution < 1.29 is 16.8 Å². The number of nitrogens with one attached hydrogen (secondary N) is 1. The molecule has 0 aromatic heterocycles. The van der Waals surface area contributed by atoms with Crippen molar-refractivity contribution >= 4 is 37.5 Å². The van der Waals surface area contributed by atoms with Crippen molar-refractivity contribution in [2.75, 3.05) is 4.72 Å². The van der Waals surface area contributed by atoms with Crippen LogP contribution in [0.4, 0.5) is 5.69 Å². The molecule has 7 nitrogen and oxygen atoms in total. The van der Waals surface area contributed by atoms with E-state index in [-0.39, 0.29) is 15.6 Å². The molecule has 0 spiro atoms. The van der Waals surface area contributed by atoms with Gasteiger partial charge in [-0.3, -0.25) is 4.72 Å². The van der Waals surface area contributed by atoms with Gasteiger partial charge in [-0.2, -0.15) is 8.42 Å². The van der Waals surface area contributed by atoms with Crippen LogP contribution in [0.1, 0.15) is 0 Å². The summed E-state index contributed by atoms with van der Waals surface area (Å²) in [4.78, 5) is -0.297. The van der Waals surface area contributed by atoms with E-state index in [4.69, 9.17) is 21.9 Å². The van der Waals surface area contributed by atoms with E-state index in [9.17, 15) is 16.8 Å². The molecule has 0 aliphatic carbocycles. The monoisotopic (exact) mass is 285 g/mol. The van der Waals surface area contributed by atoms with Gasteiger partial charge in [0.1, 0.15) is 4.90 Å². The Morgan fingerprint density at radius 1 is 1.12 bits per heavy atom. The fourth-order valence-electron chi connectivity index (χ4n) is 0.959. The molecule has 16 heavy (non-hydrogen) atoms. The van der Waals surface area contributed by atoms with Gasteiger partial charge >= 0.3 is 0 Å². The van der Waals surface area contributed by atoms with E-state index in [1.54, 1.807) is 0 Å². The molecule has 0 unspecified atom stereocenters. The Bertz CT molecular complexity index is 611. The van der Waals surface area contributed by atoms with Crippen LogP contribution in [0.2, 0.25) is 5.02 Å². The zero-order valence-corrected chi connectivity index (χ0v) is 10.1. The summed E-state index contributed by atoms with van der Waals surface area (Å²) in [5, 5.41) is 9.38. The average molecular weight is 286 g/mol. The summed E-state index contributed by atoms with van der Waals surface area (Å²) < 4.78 is 45.2. The van der Waals surface area contributed by atoms with Gasteiger partial charge < -0.3 is 0 Å². The largest absolute Gasteiger partial charge is 0.296 e. The first kappa shape index (κ1) is 13.2. The molecule has 0 saturated carbocycles. The average Bonchev–Trinajstić information content (AvgIpc) is 1.97. The minimum absolute atomic E-state index is 0.0416. The third-order valence-electron chi connectivity index (χ3n) is 1.50. The van der Waals surface area contributed by atoms with E-state index < -0.39 is 20.2 Å². The maximum Gasteiger partial charge on any atom is 0.296 e. The van der Waals surface area contributed by atoms with E-state index in [1.807, 2.05) is 4.72 Å². The van der Waals surface area contributed by atoms with Crippen LogP contribution in [0.5, 0.6) is 0 Å². The second-order valence-electron chi connectivity index (χ2n) is 2.84. The van der Waals surface area contributed by atoms with E-state index in [0.29, 0.717) is 0 Å². The molecule has 0 aliphatic heterocycles. The minimum atomic E-state index is -3.93. The first-order valence-electron chi connectivity index (χ1n) is 3.72. The summed E-state index contributed by atoms with van der Waals surface area (Å²) in [7, 11) is -7.87. The maximum atomic E-state index is 11.0. The van der Waals surface area contributed by atoms with Crippen LogP contribution < -0.4 is 15.0 Å². The zero-order chi connectivity index (χ0) is 12.6. The molecule has 0 atom stereocenters.